The highest BCUT2D eigenvalue weighted by Gasteiger charge is 2.10. The average molecular weight is 414 g/mol. The second-order valence-electron chi connectivity index (χ2n) is 6.10. The molecular weight excluding hydrogens is 392 g/mol. The second-order valence-corrected chi connectivity index (χ2v) is 6.10. The molecule has 0 radical (unpaired) electrons. The number of hydrogen-bond donors (Lipinski definition) is 3. The highest BCUT2D eigenvalue weighted by Crippen LogP contribution is 2.26. The molecule has 8 nitrogen and oxygen atoms in total. The molecule has 0 heterocycles. The maximum atomic E-state index is 11.7. The van der Waals surface area contributed by atoms with Crippen molar-refractivity contribution in [1.29, 1.82) is 0 Å². The summed E-state index contributed by atoms with van der Waals surface area (Å²) in [6, 6.07) is 10.8. The molecule has 0 saturated carbocycles. The number of aliphatic hydroxyl groups excluding tert-OH is 1. The molecule has 158 valence electrons. The van der Waals surface area contributed by atoms with Gasteiger partial charge in [0.25, 0.3) is 0 Å². The number of phenolic OH excluding ortho intramolecular Hbond substituents is 2. The molecule has 8 heteroatoms. The Morgan fingerprint density at radius 3 is 2.00 bits per heavy atom. The quantitative estimate of drug-likeness (QED) is 0.422. The molecule has 2 aromatic rings. The van der Waals surface area contributed by atoms with Crippen LogP contribution in [0.25, 0.3) is 12.2 Å². The number of benzene rings is 2. The molecule has 0 unspecified atom stereocenters. The first-order chi connectivity index (χ1) is 14.4. The van der Waals surface area contributed by atoms with Crippen molar-refractivity contribution in [3.05, 3.63) is 65.7 Å². The zero-order chi connectivity index (χ0) is 21.9. The first-order valence-electron chi connectivity index (χ1n) is 8.91. The zero-order valence-corrected chi connectivity index (χ0v) is 16.2. The van der Waals surface area contributed by atoms with Crippen LogP contribution >= 0.6 is 0 Å². The van der Waals surface area contributed by atoms with Crippen molar-refractivity contribution in [1.82, 2.24) is 0 Å². The summed E-state index contributed by atoms with van der Waals surface area (Å²) in [5, 5.41) is 28.5. The molecule has 1 atom stereocenters. The number of carbonyl (C=O) groups is 2. The standard InChI is InChI=1S/C22H22O8/c1-28-20-12-16(4-9-19(20)25)6-11-22(27)30-14-18(24)13-29-21(26)10-5-15-2-7-17(23)8-3-15/h2-12,18,23-25H,13-14H2,1H3/b10-5+,11-6-/t18-/m1/s1. The van der Waals surface area contributed by atoms with E-state index in [2.05, 4.69) is 0 Å². The third kappa shape index (κ3) is 7.69. The van der Waals surface area contributed by atoms with Crippen LogP contribution in [-0.4, -0.2) is 53.7 Å². The van der Waals surface area contributed by atoms with Gasteiger partial charge in [0.2, 0.25) is 0 Å². The van der Waals surface area contributed by atoms with Gasteiger partial charge < -0.3 is 29.5 Å². The maximum absolute atomic E-state index is 11.7. The van der Waals surface area contributed by atoms with Crippen LogP contribution in [0, 0.1) is 0 Å². The van der Waals surface area contributed by atoms with E-state index in [0.717, 1.165) is 6.08 Å². The molecule has 30 heavy (non-hydrogen) atoms. The number of phenols is 2. The summed E-state index contributed by atoms with van der Waals surface area (Å²) in [6.07, 6.45) is 4.12. The Morgan fingerprint density at radius 1 is 0.900 bits per heavy atom. The highest BCUT2D eigenvalue weighted by molar-refractivity contribution is 5.87. The van der Waals surface area contributed by atoms with Crippen LogP contribution in [0.2, 0.25) is 0 Å². The van der Waals surface area contributed by atoms with Crippen LogP contribution in [0.1, 0.15) is 11.1 Å². The third-order valence-electron chi connectivity index (χ3n) is 3.76. The third-order valence-corrected chi connectivity index (χ3v) is 3.76. The average Bonchev–Trinajstić information content (AvgIpc) is 2.75. The fraction of sp³-hybridized carbons (Fsp3) is 0.182. The summed E-state index contributed by atoms with van der Waals surface area (Å²) in [5.74, 6) is -1.01. The minimum atomic E-state index is -1.18. The molecule has 0 fully saturated rings. The lowest BCUT2D eigenvalue weighted by Crippen LogP contribution is -2.24. The number of aromatic hydroxyl groups is 2. The second kappa shape index (κ2) is 11.3. The molecule has 0 bridgehead atoms. The molecule has 0 aliphatic carbocycles. The number of aliphatic hydroxyl groups is 1. The zero-order valence-electron chi connectivity index (χ0n) is 16.2. The topological polar surface area (TPSA) is 123 Å². The number of rotatable bonds is 9. The van der Waals surface area contributed by atoms with Gasteiger partial charge in [-0.25, -0.2) is 9.59 Å². The van der Waals surface area contributed by atoms with E-state index in [1.54, 1.807) is 24.3 Å². The van der Waals surface area contributed by atoms with Gasteiger partial charge in [0.1, 0.15) is 25.1 Å². The summed E-state index contributed by atoms with van der Waals surface area (Å²) < 4.78 is 14.7. The van der Waals surface area contributed by atoms with Crippen LogP contribution in [0.5, 0.6) is 17.2 Å². The van der Waals surface area contributed by atoms with Gasteiger partial charge >= 0.3 is 11.9 Å². The Balaban J connectivity index is 1.71. The molecule has 2 aromatic carbocycles. The number of ether oxygens (including phenoxy) is 3. The van der Waals surface area contributed by atoms with E-state index < -0.39 is 18.0 Å². The predicted octanol–water partition coefficient (Wildman–Crippen LogP) is 2.28. The van der Waals surface area contributed by atoms with E-state index in [1.165, 1.54) is 43.5 Å². The molecule has 2 rings (SSSR count). The van der Waals surface area contributed by atoms with Gasteiger partial charge in [-0.2, -0.15) is 0 Å². The number of hydrogen-bond acceptors (Lipinski definition) is 8. The lowest BCUT2D eigenvalue weighted by molar-refractivity contribution is -0.146. The van der Waals surface area contributed by atoms with Gasteiger partial charge in [-0.15, -0.1) is 0 Å². The largest absolute Gasteiger partial charge is 0.508 e. The normalized spacial score (nSPS) is 12.1. The minimum Gasteiger partial charge on any atom is -0.508 e. The Morgan fingerprint density at radius 2 is 1.43 bits per heavy atom. The van der Waals surface area contributed by atoms with Gasteiger partial charge in [0.05, 0.1) is 7.11 Å². The summed E-state index contributed by atoms with van der Waals surface area (Å²) in [5.41, 5.74) is 1.30. The minimum absolute atomic E-state index is 0.0205. The molecule has 0 aromatic heterocycles. The summed E-state index contributed by atoms with van der Waals surface area (Å²) in [4.78, 5) is 23.4. The SMILES string of the molecule is COc1cc(/C=C\C(=O)OC[C@H](O)COC(=O)/C=C/c2ccc(O)cc2)ccc1O. The first-order valence-corrected chi connectivity index (χ1v) is 8.91. The highest BCUT2D eigenvalue weighted by atomic mass is 16.6. The van der Waals surface area contributed by atoms with Crippen molar-refractivity contribution in [2.45, 2.75) is 6.10 Å². The van der Waals surface area contributed by atoms with E-state index in [1.807, 2.05) is 0 Å². The van der Waals surface area contributed by atoms with Crippen LogP contribution < -0.4 is 4.74 Å². The van der Waals surface area contributed by atoms with E-state index in [-0.39, 0.29) is 30.5 Å². The van der Waals surface area contributed by atoms with E-state index in [4.69, 9.17) is 14.2 Å². The molecular formula is C22H22O8. The van der Waals surface area contributed by atoms with E-state index in [9.17, 15) is 24.9 Å². The van der Waals surface area contributed by atoms with E-state index >= 15 is 0 Å². The van der Waals surface area contributed by atoms with Crippen molar-refractivity contribution < 1.29 is 39.1 Å². The fourth-order valence-corrected chi connectivity index (χ4v) is 2.21. The summed E-state index contributed by atoms with van der Waals surface area (Å²) in [6.45, 7) is -0.693. The molecule has 0 aliphatic rings. The van der Waals surface area contributed by atoms with Gasteiger partial charge in [-0.1, -0.05) is 18.2 Å². The Labute approximate surface area is 173 Å². The van der Waals surface area contributed by atoms with Gasteiger partial charge in [-0.3, -0.25) is 0 Å². The molecule has 0 aliphatic heterocycles. The predicted molar refractivity (Wildman–Crippen MR) is 109 cm³/mol. The first kappa shape index (κ1) is 22.5. The van der Waals surface area contributed by atoms with Gasteiger partial charge in [0, 0.05) is 12.2 Å². The van der Waals surface area contributed by atoms with Crippen LogP contribution in [0.4, 0.5) is 0 Å². The molecule has 0 spiro atoms. The number of carbonyl (C=O) groups excluding carboxylic acids is 2. The van der Waals surface area contributed by atoms with E-state index in [0.29, 0.717) is 11.1 Å². The Hall–Kier alpha value is -3.78. The van der Waals surface area contributed by atoms with Crippen molar-refractivity contribution >= 4 is 24.1 Å². The summed E-state index contributed by atoms with van der Waals surface area (Å²) >= 11 is 0. The molecule has 0 amide bonds. The van der Waals surface area contributed by atoms with Crippen molar-refractivity contribution in [3.8, 4) is 17.2 Å². The molecule has 0 saturated heterocycles. The van der Waals surface area contributed by atoms with Crippen molar-refractivity contribution in [2.75, 3.05) is 20.3 Å². The summed E-state index contributed by atoms with van der Waals surface area (Å²) in [7, 11) is 1.41. The Kier molecular flexibility index (Phi) is 8.46. The smallest absolute Gasteiger partial charge is 0.330 e. The van der Waals surface area contributed by atoms with Crippen molar-refractivity contribution in [3.63, 3.8) is 0 Å². The molecule has 3 N–H and O–H groups in total. The maximum Gasteiger partial charge on any atom is 0.330 e. The van der Waals surface area contributed by atoms with Crippen LogP contribution in [-0.2, 0) is 19.1 Å². The van der Waals surface area contributed by atoms with Crippen LogP contribution in [0.15, 0.2) is 54.6 Å². The Bertz CT molecular complexity index is 915. The lowest BCUT2D eigenvalue weighted by atomic mass is 10.2. The lowest BCUT2D eigenvalue weighted by Gasteiger charge is -2.10. The number of esters is 2. The van der Waals surface area contributed by atoms with Gasteiger partial charge in [0.15, 0.2) is 11.5 Å². The fourth-order valence-electron chi connectivity index (χ4n) is 2.21. The number of methoxy groups -OCH3 is 1. The van der Waals surface area contributed by atoms with Crippen LogP contribution in [0.3, 0.4) is 0 Å². The monoisotopic (exact) mass is 414 g/mol. The van der Waals surface area contributed by atoms with Gasteiger partial charge in [-0.05, 0) is 47.5 Å². The van der Waals surface area contributed by atoms with Crippen molar-refractivity contribution in [2.24, 2.45) is 0 Å².